The van der Waals surface area contributed by atoms with E-state index < -0.39 is 36.6 Å². The van der Waals surface area contributed by atoms with E-state index in [4.69, 9.17) is 9.47 Å². The quantitative estimate of drug-likeness (QED) is 0.399. The van der Waals surface area contributed by atoms with Gasteiger partial charge in [-0.1, -0.05) is 0 Å². The van der Waals surface area contributed by atoms with Crippen LogP contribution in [0.2, 0.25) is 0 Å². The fourth-order valence-corrected chi connectivity index (χ4v) is 1.74. The van der Waals surface area contributed by atoms with Crippen LogP contribution in [-0.4, -0.2) is 71.3 Å². The lowest BCUT2D eigenvalue weighted by Crippen LogP contribution is -2.64. The summed E-state index contributed by atoms with van der Waals surface area (Å²) in [5, 5.41) is 37.9. The summed E-state index contributed by atoms with van der Waals surface area (Å²) in [4.78, 5) is 0. The highest BCUT2D eigenvalue weighted by molar-refractivity contribution is 4.99. The zero-order chi connectivity index (χ0) is 10.9. The molecule has 1 saturated carbocycles. The van der Waals surface area contributed by atoms with Gasteiger partial charge in [0.1, 0.15) is 36.6 Å². The number of hydrogen-bond acceptors (Lipinski definition) is 6. The Morgan fingerprint density at radius 2 is 1.00 bits per heavy atom. The Labute approximate surface area is 81.7 Å². The smallest absolute Gasteiger partial charge is 0.114 e. The summed E-state index contributed by atoms with van der Waals surface area (Å²) in [5.41, 5.74) is 0. The molecule has 0 aromatic rings. The molecule has 0 spiro atoms. The lowest BCUT2D eigenvalue weighted by Gasteiger charge is -2.42. The minimum atomic E-state index is -1.38. The van der Waals surface area contributed by atoms with E-state index in [1.165, 1.54) is 14.2 Å². The van der Waals surface area contributed by atoms with E-state index in [2.05, 4.69) is 0 Å². The first-order chi connectivity index (χ1) is 6.54. The van der Waals surface area contributed by atoms with Gasteiger partial charge in [0, 0.05) is 14.2 Å². The minimum absolute atomic E-state index is 0.960. The molecule has 1 rings (SSSR count). The maximum absolute atomic E-state index is 9.61. The largest absolute Gasteiger partial charge is 0.387 e. The van der Waals surface area contributed by atoms with Crippen molar-refractivity contribution >= 4 is 0 Å². The fourth-order valence-electron chi connectivity index (χ4n) is 1.74. The Morgan fingerprint density at radius 1 is 0.643 bits per heavy atom. The first kappa shape index (κ1) is 11.8. The number of rotatable bonds is 2. The van der Waals surface area contributed by atoms with Gasteiger partial charge in [-0.15, -0.1) is 0 Å². The van der Waals surface area contributed by atoms with Crippen LogP contribution in [-0.2, 0) is 9.47 Å². The van der Waals surface area contributed by atoms with E-state index in [1.54, 1.807) is 0 Å². The van der Waals surface area contributed by atoms with Crippen LogP contribution in [0.1, 0.15) is 0 Å². The number of aliphatic hydroxyl groups excluding tert-OH is 4. The second kappa shape index (κ2) is 4.52. The number of aliphatic hydroxyl groups is 4. The van der Waals surface area contributed by atoms with Gasteiger partial charge in [0.25, 0.3) is 0 Å². The van der Waals surface area contributed by atoms with E-state index in [9.17, 15) is 20.4 Å². The lowest BCUT2D eigenvalue weighted by atomic mass is 9.85. The highest BCUT2D eigenvalue weighted by atomic mass is 16.5. The molecular weight excluding hydrogens is 192 g/mol. The van der Waals surface area contributed by atoms with Crippen LogP contribution in [0.4, 0.5) is 0 Å². The normalized spacial score (nSPS) is 49.3. The molecule has 1 aliphatic rings. The van der Waals surface area contributed by atoms with Gasteiger partial charge in [0.15, 0.2) is 0 Å². The molecule has 4 N–H and O–H groups in total. The van der Waals surface area contributed by atoms with Crippen molar-refractivity contribution < 1.29 is 29.9 Å². The summed E-state index contributed by atoms with van der Waals surface area (Å²) >= 11 is 0. The van der Waals surface area contributed by atoms with Crippen LogP contribution in [0.25, 0.3) is 0 Å². The van der Waals surface area contributed by atoms with Crippen LogP contribution in [0, 0.1) is 0 Å². The SMILES string of the molecule is CO[C@@H]1C(O)[C@H](OC)[C@@H](O)C(O)[C@@H]1O. The summed E-state index contributed by atoms with van der Waals surface area (Å²) in [7, 11) is 2.60. The molecule has 0 radical (unpaired) electrons. The van der Waals surface area contributed by atoms with Crippen molar-refractivity contribution in [2.24, 2.45) is 0 Å². The topological polar surface area (TPSA) is 99.4 Å². The van der Waals surface area contributed by atoms with Crippen LogP contribution < -0.4 is 0 Å². The second-order valence-corrected chi connectivity index (χ2v) is 3.36. The number of methoxy groups -OCH3 is 2. The molecule has 0 heterocycles. The van der Waals surface area contributed by atoms with E-state index in [1.807, 2.05) is 0 Å². The first-order valence-corrected chi connectivity index (χ1v) is 4.32. The molecule has 0 aliphatic heterocycles. The molecule has 0 aromatic heterocycles. The van der Waals surface area contributed by atoms with Crippen molar-refractivity contribution in [3.63, 3.8) is 0 Å². The van der Waals surface area contributed by atoms with Gasteiger partial charge in [-0.25, -0.2) is 0 Å². The van der Waals surface area contributed by atoms with Crippen molar-refractivity contribution in [2.75, 3.05) is 14.2 Å². The molecule has 0 amide bonds. The molecule has 1 aliphatic carbocycles. The van der Waals surface area contributed by atoms with Gasteiger partial charge < -0.3 is 29.9 Å². The second-order valence-electron chi connectivity index (χ2n) is 3.36. The Morgan fingerprint density at radius 3 is 1.29 bits per heavy atom. The summed E-state index contributed by atoms with van der Waals surface area (Å²) in [6.45, 7) is 0. The van der Waals surface area contributed by atoms with Gasteiger partial charge in [0.05, 0.1) is 0 Å². The minimum Gasteiger partial charge on any atom is -0.387 e. The Kier molecular flexibility index (Phi) is 3.82. The first-order valence-electron chi connectivity index (χ1n) is 4.32. The summed E-state index contributed by atoms with van der Waals surface area (Å²) in [5.74, 6) is 0. The lowest BCUT2D eigenvalue weighted by molar-refractivity contribution is -0.235. The molecule has 0 aromatic carbocycles. The Balaban J connectivity index is 2.82. The summed E-state index contributed by atoms with van der Waals surface area (Å²) in [6, 6.07) is 0. The molecule has 2 unspecified atom stereocenters. The van der Waals surface area contributed by atoms with Gasteiger partial charge >= 0.3 is 0 Å². The molecule has 6 atom stereocenters. The Hall–Kier alpha value is -0.240. The molecule has 14 heavy (non-hydrogen) atoms. The standard InChI is InChI=1S/C8H16O6/c1-13-7-4(10)3(9)5(11)8(14-2)6(7)12/h3-12H,1-2H3/t3?,4-,5-,6?,7-,8+/m0/s1. The van der Waals surface area contributed by atoms with E-state index in [0.717, 1.165) is 0 Å². The Bertz CT molecular complexity index is 169. The fraction of sp³-hybridized carbons (Fsp3) is 1.00. The van der Waals surface area contributed by atoms with Crippen LogP contribution in [0.3, 0.4) is 0 Å². The summed E-state index contributed by atoms with van der Waals surface area (Å²) < 4.78 is 9.63. The number of hydrogen-bond donors (Lipinski definition) is 4. The predicted molar refractivity (Wildman–Crippen MR) is 45.6 cm³/mol. The maximum Gasteiger partial charge on any atom is 0.114 e. The highest BCUT2D eigenvalue weighted by Crippen LogP contribution is 2.24. The zero-order valence-electron chi connectivity index (χ0n) is 8.07. The molecule has 6 nitrogen and oxygen atoms in total. The van der Waals surface area contributed by atoms with Crippen LogP contribution in [0.15, 0.2) is 0 Å². The average Bonchev–Trinajstić information content (AvgIpc) is 2.16. The van der Waals surface area contributed by atoms with E-state index >= 15 is 0 Å². The van der Waals surface area contributed by atoms with Gasteiger partial charge in [-0.05, 0) is 0 Å². The third kappa shape index (κ3) is 1.77. The van der Waals surface area contributed by atoms with Gasteiger partial charge in [0.2, 0.25) is 0 Å². The molecule has 0 saturated heterocycles. The van der Waals surface area contributed by atoms with Crippen molar-refractivity contribution in [3.8, 4) is 0 Å². The predicted octanol–water partition coefficient (Wildman–Crippen LogP) is -2.53. The average molecular weight is 208 g/mol. The van der Waals surface area contributed by atoms with Crippen molar-refractivity contribution in [1.82, 2.24) is 0 Å². The molecular formula is C8H16O6. The van der Waals surface area contributed by atoms with Crippen LogP contribution in [0.5, 0.6) is 0 Å². The third-order valence-corrected chi connectivity index (χ3v) is 2.59. The molecule has 84 valence electrons. The van der Waals surface area contributed by atoms with Gasteiger partial charge in [-0.2, -0.15) is 0 Å². The maximum atomic E-state index is 9.61. The molecule has 0 bridgehead atoms. The third-order valence-electron chi connectivity index (χ3n) is 2.59. The van der Waals surface area contributed by atoms with E-state index in [0.29, 0.717) is 0 Å². The summed E-state index contributed by atoms with van der Waals surface area (Å²) in [6.07, 6.45) is -7.11. The zero-order valence-corrected chi connectivity index (χ0v) is 8.07. The van der Waals surface area contributed by atoms with Crippen molar-refractivity contribution in [3.05, 3.63) is 0 Å². The highest BCUT2D eigenvalue weighted by Gasteiger charge is 2.49. The van der Waals surface area contributed by atoms with Gasteiger partial charge in [-0.3, -0.25) is 0 Å². The monoisotopic (exact) mass is 208 g/mol. The molecule has 6 heteroatoms. The van der Waals surface area contributed by atoms with Crippen molar-refractivity contribution in [1.29, 1.82) is 0 Å². The van der Waals surface area contributed by atoms with Crippen molar-refractivity contribution in [2.45, 2.75) is 36.6 Å². The van der Waals surface area contributed by atoms with Crippen LogP contribution >= 0.6 is 0 Å². The molecule has 1 fully saturated rings. The van der Waals surface area contributed by atoms with E-state index in [-0.39, 0.29) is 0 Å². The number of ether oxygens (including phenoxy) is 2.